The van der Waals surface area contributed by atoms with Crippen molar-refractivity contribution in [3.63, 3.8) is 0 Å². The summed E-state index contributed by atoms with van der Waals surface area (Å²) in [6, 6.07) is 8.12. The molecular formula is C12H16N2OS. The van der Waals surface area contributed by atoms with Gasteiger partial charge in [0.2, 0.25) is 0 Å². The first-order chi connectivity index (χ1) is 7.81. The van der Waals surface area contributed by atoms with E-state index in [1.165, 1.54) is 5.56 Å². The van der Waals surface area contributed by atoms with Crippen LogP contribution in [0, 0.1) is 0 Å². The predicted molar refractivity (Wildman–Crippen MR) is 68.6 cm³/mol. The third kappa shape index (κ3) is 2.44. The molecular weight excluding hydrogens is 220 g/mol. The second-order valence-electron chi connectivity index (χ2n) is 3.71. The highest BCUT2D eigenvalue weighted by Gasteiger charge is 2.16. The molecule has 0 saturated carbocycles. The molecule has 1 heterocycles. The lowest BCUT2D eigenvalue weighted by molar-refractivity contribution is 0.288. The molecule has 0 saturated heterocycles. The van der Waals surface area contributed by atoms with E-state index in [1.807, 2.05) is 18.2 Å². The lowest BCUT2D eigenvalue weighted by Gasteiger charge is -2.22. The van der Waals surface area contributed by atoms with Crippen LogP contribution in [0.25, 0.3) is 0 Å². The normalized spacial score (nSPS) is 14.7. The van der Waals surface area contributed by atoms with Crippen LogP contribution in [0.3, 0.4) is 0 Å². The van der Waals surface area contributed by atoms with E-state index in [0.717, 1.165) is 30.5 Å². The summed E-state index contributed by atoms with van der Waals surface area (Å²) in [6.07, 6.45) is 0. The highest BCUT2D eigenvalue weighted by molar-refractivity contribution is 7.80. The van der Waals surface area contributed by atoms with Gasteiger partial charge in [-0.25, -0.2) is 0 Å². The van der Waals surface area contributed by atoms with Crippen LogP contribution in [-0.2, 0) is 6.54 Å². The van der Waals surface area contributed by atoms with Gasteiger partial charge in [0.1, 0.15) is 12.4 Å². The lowest BCUT2D eigenvalue weighted by Crippen LogP contribution is -2.40. The number of hydrogen-bond donors (Lipinski definition) is 1. The summed E-state index contributed by atoms with van der Waals surface area (Å²) in [5.41, 5.74) is 1.19. The fraction of sp³-hybridized carbons (Fsp3) is 0.417. The second kappa shape index (κ2) is 5.16. The van der Waals surface area contributed by atoms with Crippen LogP contribution < -0.4 is 10.1 Å². The summed E-state index contributed by atoms with van der Waals surface area (Å²) in [5, 5.41) is 3.98. The largest absolute Gasteiger partial charge is 0.491 e. The standard InChI is InChI=1S/C12H16N2OS/c1-2-13-12(16)14-7-8-15-11-6-4-3-5-10(11)9-14/h3-6H,2,7-9H2,1H3,(H,13,16). The molecule has 1 aliphatic rings. The Hall–Kier alpha value is -1.29. The van der Waals surface area contributed by atoms with Crippen LogP contribution >= 0.6 is 12.2 Å². The van der Waals surface area contributed by atoms with Crippen molar-refractivity contribution in [1.29, 1.82) is 0 Å². The van der Waals surface area contributed by atoms with Crippen LogP contribution in [0.15, 0.2) is 24.3 Å². The summed E-state index contributed by atoms with van der Waals surface area (Å²) in [6.45, 7) is 5.25. The average Bonchev–Trinajstić information content (AvgIpc) is 2.51. The molecule has 0 aromatic heterocycles. The van der Waals surface area contributed by atoms with Gasteiger partial charge in [-0.1, -0.05) is 18.2 Å². The maximum atomic E-state index is 5.68. The third-order valence-corrected chi connectivity index (χ3v) is 2.97. The Bertz CT molecular complexity index is 381. The van der Waals surface area contributed by atoms with Gasteiger partial charge in [0.25, 0.3) is 0 Å². The predicted octanol–water partition coefficient (Wildman–Crippen LogP) is 1.78. The molecule has 0 radical (unpaired) electrons. The minimum Gasteiger partial charge on any atom is -0.491 e. The molecule has 0 amide bonds. The Morgan fingerprint density at radius 2 is 2.31 bits per heavy atom. The van der Waals surface area contributed by atoms with E-state index in [2.05, 4.69) is 23.2 Å². The van der Waals surface area contributed by atoms with Crippen LogP contribution in [0.1, 0.15) is 12.5 Å². The van der Waals surface area contributed by atoms with Gasteiger partial charge < -0.3 is 15.0 Å². The molecule has 1 N–H and O–H groups in total. The van der Waals surface area contributed by atoms with Gasteiger partial charge in [0.05, 0.1) is 6.54 Å². The number of ether oxygens (including phenoxy) is 1. The zero-order chi connectivity index (χ0) is 11.4. The van der Waals surface area contributed by atoms with Crippen LogP contribution in [0.5, 0.6) is 5.75 Å². The lowest BCUT2D eigenvalue weighted by atomic mass is 10.2. The van der Waals surface area contributed by atoms with Crippen LogP contribution in [0.2, 0.25) is 0 Å². The van der Waals surface area contributed by atoms with Gasteiger partial charge in [-0.2, -0.15) is 0 Å². The molecule has 1 aromatic carbocycles. The first kappa shape index (κ1) is 11.2. The van der Waals surface area contributed by atoms with Gasteiger partial charge >= 0.3 is 0 Å². The molecule has 16 heavy (non-hydrogen) atoms. The molecule has 4 heteroatoms. The number of hydrogen-bond acceptors (Lipinski definition) is 2. The summed E-state index contributed by atoms with van der Waals surface area (Å²) >= 11 is 5.32. The van der Waals surface area contributed by atoms with Gasteiger partial charge in [0, 0.05) is 18.7 Å². The van der Waals surface area contributed by atoms with Crippen molar-refractivity contribution in [2.24, 2.45) is 0 Å². The number of nitrogens with zero attached hydrogens (tertiary/aromatic N) is 1. The molecule has 0 aliphatic carbocycles. The van der Waals surface area contributed by atoms with Crippen molar-refractivity contribution in [2.45, 2.75) is 13.5 Å². The van der Waals surface area contributed by atoms with E-state index in [-0.39, 0.29) is 0 Å². The smallest absolute Gasteiger partial charge is 0.169 e. The highest BCUT2D eigenvalue weighted by Crippen LogP contribution is 2.22. The van der Waals surface area contributed by atoms with Crippen molar-refractivity contribution < 1.29 is 4.74 Å². The van der Waals surface area contributed by atoms with Gasteiger partial charge in [-0.15, -0.1) is 0 Å². The fourth-order valence-corrected chi connectivity index (χ4v) is 2.06. The number of benzene rings is 1. The molecule has 1 aliphatic heterocycles. The fourth-order valence-electron chi connectivity index (χ4n) is 1.76. The molecule has 3 nitrogen and oxygen atoms in total. The summed E-state index contributed by atoms with van der Waals surface area (Å²) in [5.74, 6) is 0.976. The minimum atomic E-state index is 0.683. The molecule has 1 aromatic rings. The molecule has 0 fully saturated rings. The summed E-state index contributed by atoms with van der Waals surface area (Å²) in [7, 11) is 0. The van der Waals surface area contributed by atoms with Crippen molar-refractivity contribution in [2.75, 3.05) is 19.7 Å². The van der Waals surface area contributed by atoms with E-state index in [1.54, 1.807) is 0 Å². The Morgan fingerprint density at radius 1 is 1.50 bits per heavy atom. The molecule has 0 bridgehead atoms. The quantitative estimate of drug-likeness (QED) is 0.751. The second-order valence-corrected chi connectivity index (χ2v) is 4.10. The van der Waals surface area contributed by atoms with Gasteiger partial charge in [-0.3, -0.25) is 0 Å². The maximum absolute atomic E-state index is 5.68. The minimum absolute atomic E-state index is 0.683. The first-order valence-corrected chi connectivity index (χ1v) is 5.95. The number of nitrogens with one attached hydrogen (secondary N) is 1. The van der Waals surface area contributed by atoms with E-state index >= 15 is 0 Å². The summed E-state index contributed by atoms with van der Waals surface area (Å²) < 4.78 is 5.68. The Balaban J connectivity index is 2.13. The molecule has 86 valence electrons. The summed E-state index contributed by atoms with van der Waals surface area (Å²) in [4.78, 5) is 2.14. The SMILES string of the molecule is CCNC(=S)N1CCOc2ccccc2C1. The van der Waals surface area contributed by atoms with Crippen molar-refractivity contribution in [3.05, 3.63) is 29.8 Å². The monoisotopic (exact) mass is 236 g/mol. The topological polar surface area (TPSA) is 24.5 Å². The molecule has 0 unspecified atom stereocenters. The van der Waals surface area contributed by atoms with Crippen LogP contribution in [0.4, 0.5) is 0 Å². The van der Waals surface area contributed by atoms with Crippen molar-refractivity contribution in [1.82, 2.24) is 10.2 Å². The number of para-hydroxylation sites is 1. The average molecular weight is 236 g/mol. The zero-order valence-corrected chi connectivity index (χ0v) is 10.2. The van der Waals surface area contributed by atoms with E-state index < -0.39 is 0 Å². The Labute approximate surface area is 101 Å². The van der Waals surface area contributed by atoms with E-state index in [9.17, 15) is 0 Å². The third-order valence-electron chi connectivity index (χ3n) is 2.57. The Morgan fingerprint density at radius 3 is 3.12 bits per heavy atom. The van der Waals surface area contributed by atoms with Crippen molar-refractivity contribution in [3.8, 4) is 5.75 Å². The molecule has 2 rings (SSSR count). The van der Waals surface area contributed by atoms with E-state index in [0.29, 0.717) is 6.61 Å². The Kier molecular flexibility index (Phi) is 3.62. The van der Waals surface area contributed by atoms with Crippen molar-refractivity contribution >= 4 is 17.3 Å². The van der Waals surface area contributed by atoms with Gasteiger partial charge in [-0.05, 0) is 25.2 Å². The number of fused-ring (bicyclic) bond motifs is 1. The van der Waals surface area contributed by atoms with Crippen LogP contribution in [-0.4, -0.2) is 29.7 Å². The zero-order valence-electron chi connectivity index (χ0n) is 9.40. The molecule has 0 spiro atoms. The first-order valence-electron chi connectivity index (χ1n) is 5.54. The van der Waals surface area contributed by atoms with E-state index in [4.69, 9.17) is 17.0 Å². The molecule has 0 atom stereocenters. The number of rotatable bonds is 1. The highest BCUT2D eigenvalue weighted by atomic mass is 32.1. The number of thiocarbonyl (C=S) groups is 1. The maximum Gasteiger partial charge on any atom is 0.169 e. The van der Waals surface area contributed by atoms with Gasteiger partial charge in [0.15, 0.2) is 5.11 Å².